The lowest BCUT2D eigenvalue weighted by Crippen LogP contribution is -2.44. The Morgan fingerprint density at radius 3 is 2.46 bits per heavy atom. The minimum Gasteiger partial charge on any atom is -0.466 e. The minimum atomic E-state index is -3.75. The molecule has 1 unspecified atom stereocenters. The molecule has 0 aliphatic carbocycles. The first-order chi connectivity index (χ1) is 12.4. The van der Waals surface area contributed by atoms with Crippen molar-refractivity contribution in [2.24, 2.45) is 5.92 Å². The van der Waals surface area contributed by atoms with E-state index in [0.29, 0.717) is 26.3 Å². The number of benzene rings is 1. The van der Waals surface area contributed by atoms with Crippen molar-refractivity contribution in [3.8, 4) is 0 Å². The molecule has 1 aromatic rings. The molecule has 26 heavy (non-hydrogen) atoms. The van der Waals surface area contributed by atoms with Crippen molar-refractivity contribution < 1.29 is 27.5 Å². The average molecular weight is 383 g/mol. The summed E-state index contributed by atoms with van der Waals surface area (Å²) in [7, 11) is -3.75. The third-order valence-electron chi connectivity index (χ3n) is 4.11. The number of morpholine rings is 1. The highest BCUT2D eigenvalue weighted by Crippen LogP contribution is 2.14. The van der Waals surface area contributed by atoms with Crippen LogP contribution in [0.15, 0.2) is 30.3 Å². The number of nitrogens with zero attached hydrogens (tertiary/aromatic N) is 1. The largest absolute Gasteiger partial charge is 0.466 e. The molecule has 1 amide bonds. The fourth-order valence-electron chi connectivity index (χ4n) is 2.83. The number of rotatable bonds is 8. The summed E-state index contributed by atoms with van der Waals surface area (Å²) in [6, 6.07) is 9.16. The number of ether oxygens (including phenoxy) is 2. The predicted molar refractivity (Wildman–Crippen MR) is 96.3 cm³/mol. The lowest BCUT2D eigenvalue weighted by molar-refractivity contribution is -0.147. The van der Waals surface area contributed by atoms with Gasteiger partial charge >= 0.3 is 5.97 Å². The Hall–Kier alpha value is -1.93. The second-order valence-electron chi connectivity index (χ2n) is 6.19. The Morgan fingerprint density at radius 1 is 1.19 bits per heavy atom. The molecule has 1 aliphatic heterocycles. The molecule has 0 saturated carbocycles. The van der Waals surface area contributed by atoms with Gasteiger partial charge in [-0.2, -0.15) is 0 Å². The van der Waals surface area contributed by atoms with Gasteiger partial charge in [0.2, 0.25) is 5.91 Å². The monoisotopic (exact) mass is 383 g/mol. The van der Waals surface area contributed by atoms with E-state index in [1.807, 2.05) is 30.3 Å². The maximum Gasteiger partial charge on any atom is 0.310 e. The molecule has 0 aromatic heterocycles. The lowest BCUT2D eigenvalue weighted by Gasteiger charge is -2.27. The van der Waals surface area contributed by atoms with Crippen molar-refractivity contribution in [3.63, 3.8) is 0 Å². The molecule has 0 bridgehead atoms. The maximum atomic E-state index is 12.5. The van der Waals surface area contributed by atoms with Crippen LogP contribution in [0.3, 0.4) is 0 Å². The van der Waals surface area contributed by atoms with E-state index in [1.165, 1.54) is 4.90 Å². The first kappa shape index (κ1) is 20.4. The Bertz CT molecular complexity index is 698. The van der Waals surface area contributed by atoms with Gasteiger partial charge in [-0.05, 0) is 18.9 Å². The smallest absolute Gasteiger partial charge is 0.310 e. The van der Waals surface area contributed by atoms with Gasteiger partial charge in [-0.3, -0.25) is 9.59 Å². The van der Waals surface area contributed by atoms with Crippen LogP contribution < -0.4 is 0 Å². The van der Waals surface area contributed by atoms with Gasteiger partial charge in [0.05, 0.1) is 31.5 Å². The van der Waals surface area contributed by atoms with E-state index in [-0.39, 0.29) is 13.0 Å². The van der Waals surface area contributed by atoms with Crippen LogP contribution in [0.1, 0.15) is 12.5 Å². The Labute approximate surface area is 154 Å². The summed E-state index contributed by atoms with van der Waals surface area (Å²) in [4.78, 5) is 25.9. The first-order valence-corrected chi connectivity index (χ1v) is 10.5. The van der Waals surface area contributed by atoms with Gasteiger partial charge < -0.3 is 14.4 Å². The van der Waals surface area contributed by atoms with Crippen molar-refractivity contribution >= 4 is 21.7 Å². The molecular formula is C18H25NO6S. The summed E-state index contributed by atoms with van der Waals surface area (Å²) < 4.78 is 35.2. The minimum absolute atomic E-state index is 0.177. The molecule has 1 saturated heterocycles. The molecule has 7 nitrogen and oxygen atoms in total. The van der Waals surface area contributed by atoms with E-state index in [2.05, 4.69) is 0 Å². The van der Waals surface area contributed by atoms with Crippen molar-refractivity contribution in [2.45, 2.75) is 13.3 Å². The third kappa shape index (κ3) is 6.42. The summed E-state index contributed by atoms with van der Waals surface area (Å²) in [6.07, 6.45) is 0.255. The van der Waals surface area contributed by atoms with E-state index in [0.717, 1.165) is 5.56 Å². The van der Waals surface area contributed by atoms with Crippen LogP contribution in [0, 0.1) is 5.92 Å². The third-order valence-corrected chi connectivity index (χ3v) is 5.70. The van der Waals surface area contributed by atoms with Crippen LogP contribution in [0.5, 0.6) is 0 Å². The summed E-state index contributed by atoms with van der Waals surface area (Å²) in [5.41, 5.74) is 0.847. The average Bonchev–Trinajstić information content (AvgIpc) is 2.62. The molecule has 144 valence electrons. The Morgan fingerprint density at radius 2 is 1.85 bits per heavy atom. The molecule has 1 heterocycles. The number of sulfone groups is 1. The van der Waals surface area contributed by atoms with Gasteiger partial charge in [-0.1, -0.05) is 30.3 Å². The first-order valence-electron chi connectivity index (χ1n) is 8.68. The zero-order valence-corrected chi connectivity index (χ0v) is 15.7. The van der Waals surface area contributed by atoms with E-state index >= 15 is 0 Å². The molecule has 0 spiro atoms. The van der Waals surface area contributed by atoms with E-state index < -0.39 is 39.1 Å². The van der Waals surface area contributed by atoms with Crippen LogP contribution in [-0.4, -0.2) is 69.6 Å². The van der Waals surface area contributed by atoms with Crippen LogP contribution >= 0.6 is 0 Å². The van der Waals surface area contributed by atoms with Gasteiger partial charge in [0.25, 0.3) is 0 Å². The van der Waals surface area contributed by atoms with Gasteiger partial charge in [0.15, 0.2) is 9.84 Å². The summed E-state index contributed by atoms with van der Waals surface area (Å²) >= 11 is 0. The normalized spacial score (nSPS) is 16.1. The fraction of sp³-hybridized carbons (Fsp3) is 0.556. The van der Waals surface area contributed by atoms with Crippen LogP contribution in [0.4, 0.5) is 0 Å². The van der Waals surface area contributed by atoms with Crippen molar-refractivity contribution in [3.05, 3.63) is 35.9 Å². The van der Waals surface area contributed by atoms with Crippen LogP contribution in [-0.2, 0) is 35.3 Å². The highest BCUT2D eigenvalue weighted by molar-refractivity contribution is 7.92. The fourth-order valence-corrected chi connectivity index (χ4v) is 4.37. The van der Waals surface area contributed by atoms with Gasteiger partial charge in [0, 0.05) is 13.1 Å². The SMILES string of the molecule is CCOC(=O)C(Cc1ccccc1)CS(=O)(=O)CC(=O)N1CCOCC1. The van der Waals surface area contributed by atoms with Crippen molar-refractivity contribution in [1.29, 1.82) is 0 Å². The molecule has 1 atom stereocenters. The summed E-state index contributed by atoms with van der Waals surface area (Å²) in [5.74, 6) is -2.84. The highest BCUT2D eigenvalue weighted by Gasteiger charge is 2.30. The zero-order chi connectivity index (χ0) is 19.0. The Kier molecular flexibility index (Phi) is 7.59. The highest BCUT2D eigenvalue weighted by atomic mass is 32.2. The van der Waals surface area contributed by atoms with Crippen molar-refractivity contribution in [1.82, 2.24) is 4.90 Å². The quantitative estimate of drug-likeness (QED) is 0.614. The molecule has 0 radical (unpaired) electrons. The molecule has 1 aromatic carbocycles. The second-order valence-corrected chi connectivity index (χ2v) is 8.30. The topological polar surface area (TPSA) is 90.0 Å². The number of hydrogen-bond acceptors (Lipinski definition) is 6. The molecule has 2 rings (SSSR count). The van der Waals surface area contributed by atoms with E-state index in [4.69, 9.17) is 9.47 Å². The van der Waals surface area contributed by atoms with Crippen LogP contribution in [0.2, 0.25) is 0 Å². The number of amides is 1. The van der Waals surface area contributed by atoms with Gasteiger partial charge in [-0.15, -0.1) is 0 Å². The predicted octanol–water partition coefficient (Wildman–Crippen LogP) is 0.682. The zero-order valence-electron chi connectivity index (χ0n) is 14.9. The van der Waals surface area contributed by atoms with Gasteiger partial charge in [-0.25, -0.2) is 8.42 Å². The second kappa shape index (κ2) is 9.68. The van der Waals surface area contributed by atoms with E-state index in [9.17, 15) is 18.0 Å². The number of esters is 1. The standard InChI is InChI=1S/C18H25NO6S/c1-2-25-18(21)16(12-15-6-4-3-5-7-15)13-26(22,23)14-17(20)19-8-10-24-11-9-19/h3-7,16H,2,8-14H2,1H3. The molecule has 1 aliphatic rings. The number of hydrogen-bond donors (Lipinski definition) is 0. The van der Waals surface area contributed by atoms with E-state index in [1.54, 1.807) is 6.92 Å². The number of carbonyl (C=O) groups excluding carboxylic acids is 2. The van der Waals surface area contributed by atoms with Crippen molar-refractivity contribution in [2.75, 3.05) is 44.4 Å². The summed E-state index contributed by atoms with van der Waals surface area (Å²) in [6.45, 7) is 3.45. The summed E-state index contributed by atoms with van der Waals surface area (Å²) in [5, 5.41) is 0. The lowest BCUT2D eigenvalue weighted by atomic mass is 10.0. The number of carbonyl (C=O) groups is 2. The molecule has 1 fully saturated rings. The van der Waals surface area contributed by atoms with Crippen LogP contribution in [0.25, 0.3) is 0 Å². The maximum absolute atomic E-state index is 12.5. The van der Waals surface area contributed by atoms with Gasteiger partial charge in [0.1, 0.15) is 5.75 Å². The Balaban J connectivity index is 2.04. The molecular weight excluding hydrogens is 358 g/mol. The molecule has 0 N–H and O–H groups in total. The molecule has 8 heteroatoms.